The van der Waals surface area contributed by atoms with E-state index in [1.165, 1.54) is 43.6 Å². The Bertz CT molecular complexity index is 1100. The molecule has 0 aliphatic carbocycles. The molecule has 8 nitrogen and oxygen atoms in total. The van der Waals surface area contributed by atoms with Gasteiger partial charge in [-0.05, 0) is 24.3 Å². The SMILES string of the molecule is COc1cn(CC(=O)Nc2ccc([N+](=O)[O-])cc2)c(CSc2ccccc2)cc1=O. The molecule has 0 unspecified atom stereocenters. The van der Waals surface area contributed by atoms with E-state index in [1.54, 1.807) is 16.3 Å². The highest BCUT2D eigenvalue weighted by Crippen LogP contribution is 2.23. The smallest absolute Gasteiger partial charge is 0.269 e. The highest BCUT2D eigenvalue weighted by Gasteiger charge is 2.12. The van der Waals surface area contributed by atoms with Gasteiger partial charge in [-0.15, -0.1) is 11.8 Å². The Labute approximate surface area is 176 Å². The van der Waals surface area contributed by atoms with Gasteiger partial charge in [0.05, 0.1) is 18.2 Å². The lowest BCUT2D eigenvalue weighted by molar-refractivity contribution is -0.384. The van der Waals surface area contributed by atoms with Crippen LogP contribution in [-0.2, 0) is 17.1 Å². The molecular formula is C21H19N3O5S. The Kier molecular flexibility index (Phi) is 6.87. The van der Waals surface area contributed by atoms with Crippen LogP contribution < -0.4 is 15.5 Å². The fourth-order valence-electron chi connectivity index (χ4n) is 2.71. The molecule has 0 bridgehead atoms. The van der Waals surface area contributed by atoms with E-state index < -0.39 is 4.92 Å². The number of benzene rings is 2. The molecule has 3 aromatic rings. The minimum Gasteiger partial charge on any atom is -0.491 e. The van der Waals surface area contributed by atoms with E-state index >= 15 is 0 Å². The number of ether oxygens (including phenoxy) is 1. The summed E-state index contributed by atoms with van der Waals surface area (Å²) in [6, 6.07) is 16.8. The second-order valence-corrected chi connectivity index (χ2v) is 7.33. The number of nitrogens with one attached hydrogen (secondary N) is 1. The fourth-order valence-corrected chi connectivity index (χ4v) is 3.63. The third kappa shape index (κ3) is 5.48. The first kappa shape index (κ1) is 21.1. The molecule has 3 rings (SSSR count). The summed E-state index contributed by atoms with van der Waals surface area (Å²) in [6.45, 7) is -0.0433. The maximum Gasteiger partial charge on any atom is 0.269 e. The highest BCUT2D eigenvalue weighted by molar-refractivity contribution is 7.98. The summed E-state index contributed by atoms with van der Waals surface area (Å²) in [5, 5.41) is 13.4. The van der Waals surface area contributed by atoms with Gasteiger partial charge >= 0.3 is 0 Å². The molecular weight excluding hydrogens is 406 g/mol. The second-order valence-electron chi connectivity index (χ2n) is 6.28. The molecule has 0 radical (unpaired) electrons. The average molecular weight is 425 g/mol. The Morgan fingerprint density at radius 1 is 1.17 bits per heavy atom. The zero-order valence-electron chi connectivity index (χ0n) is 16.1. The molecule has 0 aliphatic rings. The van der Waals surface area contributed by atoms with Crippen molar-refractivity contribution >= 4 is 29.0 Å². The van der Waals surface area contributed by atoms with E-state index in [1.807, 2.05) is 30.3 Å². The summed E-state index contributed by atoms with van der Waals surface area (Å²) in [6.07, 6.45) is 1.51. The maximum atomic E-state index is 12.5. The Morgan fingerprint density at radius 2 is 1.87 bits per heavy atom. The summed E-state index contributed by atoms with van der Waals surface area (Å²) in [7, 11) is 1.40. The zero-order chi connectivity index (χ0) is 21.5. The molecule has 0 atom stereocenters. The first-order valence-corrected chi connectivity index (χ1v) is 9.94. The van der Waals surface area contributed by atoms with E-state index in [9.17, 15) is 19.7 Å². The van der Waals surface area contributed by atoms with Gasteiger partial charge in [-0.25, -0.2) is 0 Å². The first-order valence-electron chi connectivity index (χ1n) is 8.96. The van der Waals surface area contributed by atoms with Crippen molar-refractivity contribution in [2.75, 3.05) is 12.4 Å². The Hall–Kier alpha value is -3.59. The van der Waals surface area contributed by atoms with Crippen molar-refractivity contribution in [3.8, 4) is 5.75 Å². The molecule has 9 heteroatoms. The van der Waals surface area contributed by atoms with Crippen LogP contribution in [0.4, 0.5) is 11.4 Å². The van der Waals surface area contributed by atoms with Gasteiger partial charge in [-0.2, -0.15) is 0 Å². The minimum absolute atomic E-state index is 0.0433. The van der Waals surface area contributed by atoms with Gasteiger partial charge in [-0.3, -0.25) is 19.7 Å². The molecule has 2 aromatic carbocycles. The van der Waals surface area contributed by atoms with E-state index in [4.69, 9.17) is 4.74 Å². The number of hydrogen-bond acceptors (Lipinski definition) is 6. The predicted octanol–water partition coefficient (Wildman–Crippen LogP) is 3.70. The van der Waals surface area contributed by atoms with E-state index in [0.717, 1.165) is 4.90 Å². The summed E-state index contributed by atoms with van der Waals surface area (Å²) < 4.78 is 6.77. The molecule has 0 aliphatic heterocycles. The molecule has 154 valence electrons. The van der Waals surface area contributed by atoms with Gasteiger partial charge in [-0.1, -0.05) is 18.2 Å². The number of nitro benzene ring substituents is 1. The van der Waals surface area contributed by atoms with Crippen LogP contribution in [0.25, 0.3) is 0 Å². The maximum absolute atomic E-state index is 12.5. The first-order chi connectivity index (χ1) is 14.5. The fraction of sp³-hybridized carbons (Fsp3) is 0.143. The van der Waals surface area contributed by atoms with Gasteiger partial charge in [0.1, 0.15) is 6.54 Å². The van der Waals surface area contributed by atoms with Crippen molar-refractivity contribution in [3.05, 3.63) is 92.9 Å². The van der Waals surface area contributed by atoms with Crippen LogP contribution in [0.5, 0.6) is 5.75 Å². The van der Waals surface area contributed by atoms with Crippen molar-refractivity contribution in [3.63, 3.8) is 0 Å². The van der Waals surface area contributed by atoms with Gasteiger partial charge < -0.3 is 14.6 Å². The number of amides is 1. The lowest BCUT2D eigenvalue weighted by Gasteiger charge is -2.15. The number of aromatic nitrogens is 1. The molecule has 1 heterocycles. The number of carbonyl (C=O) groups excluding carboxylic acids is 1. The van der Waals surface area contributed by atoms with Crippen LogP contribution in [0.2, 0.25) is 0 Å². The number of pyridine rings is 1. The molecule has 0 saturated carbocycles. The topological polar surface area (TPSA) is 103 Å². The molecule has 0 fully saturated rings. The van der Waals surface area contributed by atoms with Crippen LogP contribution in [0.1, 0.15) is 5.69 Å². The largest absolute Gasteiger partial charge is 0.491 e. The zero-order valence-corrected chi connectivity index (χ0v) is 16.9. The van der Waals surface area contributed by atoms with Gasteiger partial charge in [0.25, 0.3) is 5.69 Å². The number of hydrogen-bond donors (Lipinski definition) is 1. The lowest BCUT2D eigenvalue weighted by Crippen LogP contribution is -2.22. The minimum atomic E-state index is -0.505. The Morgan fingerprint density at radius 3 is 2.50 bits per heavy atom. The van der Waals surface area contributed by atoms with Gasteiger partial charge in [0.2, 0.25) is 11.3 Å². The average Bonchev–Trinajstić information content (AvgIpc) is 2.74. The summed E-state index contributed by atoms with van der Waals surface area (Å²) in [5.41, 5.74) is 0.805. The monoisotopic (exact) mass is 425 g/mol. The molecule has 1 N–H and O–H groups in total. The van der Waals surface area contributed by atoms with E-state index in [-0.39, 0.29) is 29.3 Å². The summed E-state index contributed by atoms with van der Waals surface area (Å²) >= 11 is 1.55. The number of carbonyl (C=O) groups is 1. The number of anilines is 1. The number of non-ortho nitro benzene ring substituents is 1. The number of methoxy groups -OCH3 is 1. The van der Waals surface area contributed by atoms with Crippen molar-refractivity contribution in [2.24, 2.45) is 0 Å². The van der Waals surface area contributed by atoms with Crippen LogP contribution >= 0.6 is 11.8 Å². The van der Waals surface area contributed by atoms with Crippen molar-refractivity contribution in [1.29, 1.82) is 0 Å². The molecule has 1 amide bonds. The van der Waals surface area contributed by atoms with Crippen molar-refractivity contribution < 1.29 is 14.5 Å². The number of nitro groups is 1. The molecule has 1 aromatic heterocycles. The second kappa shape index (κ2) is 9.75. The highest BCUT2D eigenvalue weighted by atomic mass is 32.2. The van der Waals surface area contributed by atoms with Gasteiger partial charge in [0, 0.05) is 40.2 Å². The van der Waals surface area contributed by atoms with E-state index in [2.05, 4.69) is 5.32 Å². The molecule has 0 saturated heterocycles. The number of nitrogens with zero attached hydrogens (tertiary/aromatic N) is 2. The standard InChI is InChI=1S/C21H19N3O5S/c1-29-20-12-23(13-21(26)22-15-7-9-16(10-8-15)24(27)28)17(11-19(20)25)14-30-18-5-3-2-4-6-18/h2-12H,13-14H2,1H3,(H,22,26). The van der Waals surface area contributed by atoms with Crippen LogP contribution in [0.15, 0.2) is 76.6 Å². The summed E-state index contributed by atoms with van der Waals surface area (Å²) in [5.74, 6) is 0.306. The lowest BCUT2D eigenvalue weighted by atomic mass is 10.3. The number of thioether (sulfide) groups is 1. The third-order valence-electron chi connectivity index (χ3n) is 4.21. The van der Waals surface area contributed by atoms with Crippen LogP contribution in [0, 0.1) is 10.1 Å². The number of rotatable bonds is 8. The van der Waals surface area contributed by atoms with Crippen LogP contribution in [-0.4, -0.2) is 22.5 Å². The quantitative estimate of drug-likeness (QED) is 0.335. The van der Waals surface area contributed by atoms with E-state index in [0.29, 0.717) is 17.1 Å². The van der Waals surface area contributed by atoms with Crippen LogP contribution in [0.3, 0.4) is 0 Å². The summed E-state index contributed by atoms with van der Waals surface area (Å²) in [4.78, 5) is 36.0. The normalized spacial score (nSPS) is 10.4. The Balaban J connectivity index is 1.76. The van der Waals surface area contributed by atoms with Gasteiger partial charge in [0.15, 0.2) is 5.75 Å². The van der Waals surface area contributed by atoms with Crippen molar-refractivity contribution in [1.82, 2.24) is 4.57 Å². The molecule has 0 spiro atoms. The third-order valence-corrected chi connectivity index (χ3v) is 5.25. The molecule has 30 heavy (non-hydrogen) atoms. The van der Waals surface area contributed by atoms with Crippen molar-refractivity contribution in [2.45, 2.75) is 17.2 Å². The predicted molar refractivity (Wildman–Crippen MR) is 115 cm³/mol.